The van der Waals surface area contributed by atoms with Crippen LogP contribution in [0.4, 0.5) is 5.69 Å². The van der Waals surface area contributed by atoms with Crippen LogP contribution in [0.5, 0.6) is 0 Å². The van der Waals surface area contributed by atoms with Crippen LogP contribution >= 0.6 is 0 Å². The second-order valence-corrected chi connectivity index (χ2v) is 5.24. The van der Waals surface area contributed by atoms with E-state index < -0.39 is 5.23 Å². The van der Waals surface area contributed by atoms with Crippen LogP contribution in [0.25, 0.3) is 0 Å². The molecule has 104 valence electrons. The van der Waals surface area contributed by atoms with Crippen molar-refractivity contribution in [2.24, 2.45) is 0 Å². The van der Waals surface area contributed by atoms with E-state index in [4.69, 9.17) is 0 Å². The van der Waals surface area contributed by atoms with Gasteiger partial charge in [0.1, 0.15) is 5.69 Å². The lowest BCUT2D eigenvalue weighted by Gasteiger charge is -2.24. The molecule has 0 amide bonds. The molecule has 2 N–H and O–H groups in total. The van der Waals surface area contributed by atoms with Gasteiger partial charge >= 0.3 is 0 Å². The van der Waals surface area contributed by atoms with E-state index in [0.717, 1.165) is 24.9 Å². The van der Waals surface area contributed by atoms with Crippen molar-refractivity contribution in [1.29, 1.82) is 0 Å². The lowest BCUT2D eigenvalue weighted by Crippen LogP contribution is -2.96. The number of benzene rings is 2. The van der Waals surface area contributed by atoms with Gasteiger partial charge in [-0.2, -0.15) is 0 Å². The van der Waals surface area contributed by atoms with Gasteiger partial charge in [0.15, 0.2) is 0 Å². The van der Waals surface area contributed by atoms with Crippen molar-refractivity contribution in [2.75, 3.05) is 0 Å². The molecule has 0 bridgehead atoms. The van der Waals surface area contributed by atoms with E-state index in [-0.39, 0.29) is 5.69 Å². The molecule has 0 aliphatic heterocycles. The Morgan fingerprint density at radius 1 is 0.950 bits per heavy atom. The van der Waals surface area contributed by atoms with E-state index >= 15 is 0 Å². The maximum atomic E-state index is 10.7. The maximum absolute atomic E-state index is 10.7. The van der Waals surface area contributed by atoms with Crippen LogP contribution in [0.1, 0.15) is 16.7 Å². The molecule has 4 nitrogen and oxygen atoms in total. The fraction of sp³-hybridized carbons (Fsp3) is 0.250. The Labute approximate surface area is 118 Å². The first-order chi connectivity index (χ1) is 9.72. The van der Waals surface area contributed by atoms with E-state index in [2.05, 4.69) is 29.6 Å². The van der Waals surface area contributed by atoms with Gasteiger partial charge in [0, 0.05) is 12.6 Å². The monoisotopic (exact) mass is 269 g/mol. The summed E-state index contributed by atoms with van der Waals surface area (Å²) in [6.07, 6.45) is 2.13. The van der Waals surface area contributed by atoms with Crippen molar-refractivity contribution in [3.05, 3.63) is 75.6 Å². The topological polar surface area (TPSA) is 62.6 Å². The van der Waals surface area contributed by atoms with Crippen LogP contribution in [-0.2, 0) is 19.4 Å². The van der Waals surface area contributed by atoms with Crippen molar-refractivity contribution in [3.63, 3.8) is 0 Å². The van der Waals surface area contributed by atoms with E-state index in [1.807, 2.05) is 12.1 Å². The molecular weight excluding hydrogens is 252 g/mol. The minimum atomic E-state index is -1.13. The molecule has 0 heterocycles. The van der Waals surface area contributed by atoms with E-state index in [1.54, 1.807) is 12.1 Å². The normalized spacial score (nSPS) is 14.8. The highest BCUT2D eigenvalue weighted by Gasteiger charge is 2.19. The predicted molar refractivity (Wildman–Crippen MR) is 78.3 cm³/mol. The zero-order chi connectivity index (χ0) is 13.9. The molecule has 4 heteroatoms. The highest BCUT2D eigenvalue weighted by molar-refractivity contribution is 5.34. The first-order valence-electron chi connectivity index (χ1n) is 6.83. The summed E-state index contributed by atoms with van der Waals surface area (Å²) in [5.74, 6) is 0. The second-order valence-electron chi connectivity index (χ2n) is 5.24. The van der Waals surface area contributed by atoms with Gasteiger partial charge in [-0.05, 0) is 41.7 Å². The molecule has 0 aromatic heterocycles. The number of rotatable bonds is 4. The van der Waals surface area contributed by atoms with Crippen LogP contribution in [0, 0.1) is 10.4 Å². The van der Waals surface area contributed by atoms with Crippen LogP contribution in [0.3, 0.4) is 0 Å². The molecule has 0 atom stereocenters. The summed E-state index contributed by atoms with van der Waals surface area (Å²) < 4.78 is 0. The van der Waals surface area contributed by atoms with Gasteiger partial charge in [0.25, 0.3) is 0 Å². The molecular formula is C16H17N2O2-. The van der Waals surface area contributed by atoms with Gasteiger partial charge < -0.3 is 21.0 Å². The molecule has 0 unspecified atom stereocenters. The molecule has 1 aliphatic carbocycles. The summed E-state index contributed by atoms with van der Waals surface area (Å²) in [6, 6.07) is 15.9. The number of nitrogens with one attached hydrogen (secondary N) is 2. The second kappa shape index (κ2) is 5.73. The van der Waals surface area contributed by atoms with Crippen molar-refractivity contribution in [3.8, 4) is 0 Å². The number of quaternary nitrogens is 1. The Morgan fingerprint density at radius 3 is 2.10 bits per heavy atom. The number of fused-ring (bicyclic) bond motifs is 1. The van der Waals surface area contributed by atoms with E-state index in [1.165, 1.54) is 11.1 Å². The third-order valence-corrected chi connectivity index (χ3v) is 3.84. The van der Waals surface area contributed by atoms with Crippen LogP contribution in [0.2, 0.25) is 0 Å². The Balaban J connectivity index is 1.56. The highest BCUT2D eigenvalue weighted by atomic mass is 16.8. The maximum Gasteiger partial charge on any atom is 0.131 e. The van der Waals surface area contributed by atoms with Crippen molar-refractivity contribution < 1.29 is 5.23 Å². The molecule has 0 radical (unpaired) electrons. The zero-order valence-corrected chi connectivity index (χ0v) is 11.1. The summed E-state index contributed by atoms with van der Waals surface area (Å²) in [5, 5.41) is 23.8. The summed E-state index contributed by atoms with van der Waals surface area (Å²) in [4.78, 5) is 0. The highest BCUT2D eigenvalue weighted by Crippen LogP contribution is 2.21. The first kappa shape index (κ1) is 13.3. The Morgan fingerprint density at radius 2 is 1.55 bits per heavy atom. The third kappa shape index (κ3) is 2.89. The average molecular weight is 269 g/mol. The SMILES string of the molecule is [O-][NH+]([O-])c1ccc(CNC2Cc3ccccc3C2)cc1. The molecule has 20 heavy (non-hydrogen) atoms. The lowest BCUT2D eigenvalue weighted by molar-refractivity contribution is -0.715. The summed E-state index contributed by atoms with van der Waals surface area (Å²) in [7, 11) is 0. The Kier molecular flexibility index (Phi) is 3.80. The standard InChI is InChI=1S/C16H17N2O2/c19-18(20)16-7-5-12(6-8-16)11-17-15-9-13-3-1-2-4-14(13)10-15/h1-8,15,17-18H,9-11H2/q-1. The van der Waals surface area contributed by atoms with E-state index in [9.17, 15) is 10.4 Å². The fourth-order valence-corrected chi connectivity index (χ4v) is 2.72. The number of hydrogen-bond donors (Lipinski definition) is 2. The molecule has 0 saturated carbocycles. The quantitative estimate of drug-likeness (QED) is 0.826. The van der Waals surface area contributed by atoms with Crippen molar-refractivity contribution in [1.82, 2.24) is 5.32 Å². The summed E-state index contributed by atoms with van der Waals surface area (Å²) in [5.41, 5.74) is 4.17. The molecule has 0 saturated heterocycles. The molecule has 0 spiro atoms. The minimum absolute atomic E-state index is 0.224. The van der Waals surface area contributed by atoms with Crippen molar-refractivity contribution in [2.45, 2.75) is 25.4 Å². The van der Waals surface area contributed by atoms with Gasteiger partial charge in [-0.3, -0.25) is 0 Å². The fourth-order valence-electron chi connectivity index (χ4n) is 2.72. The summed E-state index contributed by atoms with van der Waals surface area (Å²) >= 11 is 0. The van der Waals surface area contributed by atoms with Gasteiger partial charge in [-0.25, -0.2) is 0 Å². The molecule has 0 fully saturated rings. The van der Waals surface area contributed by atoms with Crippen LogP contribution in [0.15, 0.2) is 48.5 Å². The minimum Gasteiger partial charge on any atom is -0.628 e. The first-order valence-corrected chi connectivity index (χ1v) is 6.83. The summed E-state index contributed by atoms with van der Waals surface area (Å²) in [6.45, 7) is 0.756. The lowest BCUT2D eigenvalue weighted by atomic mass is 10.1. The van der Waals surface area contributed by atoms with E-state index in [0.29, 0.717) is 6.04 Å². The van der Waals surface area contributed by atoms with Crippen LogP contribution < -0.4 is 10.5 Å². The number of hydrogen-bond acceptors (Lipinski definition) is 3. The van der Waals surface area contributed by atoms with Crippen molar-refractivity contribution >= 4 is 5.69 Å². The average Bonchev–Trinajstić information content (AvgIpc) is 2.88. The van der Waals surface area contributed by atoms with Crippen LogP contribution in [-0.4, -0.2) is 6.04 Å². The predicted octanol–water partition coefficient (Wildman–Crippen LogP) is 1.46. The smallest absolute Gasteiger partial charge is 0.131 e. The van der Waals surface area contributed by atoms with Gasteiger partial charge in [-0.1, -0.05) is 36.4 Å². The molecule has 2 aromatic carbocycles. The zero-order valence-electron chi connectivity index (χ0n) is 11.1. The molecule has 1 aliphatic rings. The third-order valence-electron chi connectivity index (χ3n) is 3.84. The van der Waals surface area contributed by atoms with Gasteiger partial charge in [-0.15, -0.1) is 0 Å². The van der Waals surface area contributed by atoms with Gasteiger partial charge in [0.05, 0.1) is 0 Å². The largest absolute Gasteiger partial charge is 0.628 e. The molecule has 2 aromatic rings. The van der Waals surface area contributed by atoms with Gasteiger partial charge in [0.2, 0.25) is 0 Å². The Bertz CT molecular complexity index is 556. The molecule has 3 rings (SSSR count). The Hall–Kier alpha value is -1.72.